The van der Waals surface area contributed by atoms with Crippen LogP contribution in [0.25, 0.3) is 0 Å². The van der Waals surface area contributed by atoms with Crippen molar-refractivity contribution in [3.05, 3.63) is 39.3 Å². The van der Waals surface area contributed by atoms with E-state index in [1.54, 1.807) is 29.2 Å². The Bertz CT molecular complexity index is 927. The van der Waals surface area contributed by atoms with Crippen molar-refractivity contribution in [2.75, 3.05) is 18.4 Å². The van der Waals surface area contributed by atoms with E-state index < -0.39 is 5.91 Å². The molecule has 1 aliphatic rings. The number of benzene rings is 1. The molecular formula is C20H24ClN5O3S. The van der Waals surface area contributed by atoms with Crippen LogP contribution in [0.4, 0.5) is 5.69 Å². The van der Waals surface area contributed by atoms with E-state index in [1.165, 1.54) is 0 Å². The predicted octanol–water partition coefficient (Wildman–Crippen LogP) is 3.21. The van der Waals surface area contributed by atoms with E-state index in [2.05, 4.69) is 20.8 Å². The van der Waals surface area contributed by atoms with E-state index in [4.69, 9.17) is 11.6 Å². The molecule has 160 valence electrons. The third kappa shape index (κ3) is 5.54. The normalized spacial score (nSPS) is 15.5. The van der Waals surface area contributed by atoms with Crippen LogP contribution in [0.15, 0.2) is 24.3 Å². The molecule has 10 heteroatoms. The fraction of sp³-hybridized carbons (Fsp3) is 0.450. The number of hydrogen-bond acceptors (Lipinski definition) is 6. The van der Waals surface area contributed by atoms with Crippen molar-refractivity contribution in [1.29, 1.82) is 0 Å². The summed E-state index contributed by atoms with van der Waals surface area (Å²) in [6, 6.07) is 6.90. The number of carbonyl (C=O) groups excluding carboxylic acids is 3. The monoisotopic (exact) mass is 449 g/mol. The largest absolute Gasteiger partial charge is 0.353 e. The number of aromatic nitrogens is 2. The van der Waals surface area contributed by atoms with Crippen molar-refractivity contribution in [3.8, 4) is 0 Å². The Morgan fingerprint density at radius 1 is 1.23 bits per heavy atom. The number of likely N-dealkylation sites (tertiary alicyclic amines) is 1. The van der Waals surface area contributed by atoms with Gasteiger partial charge in [0.05, 0.1) is 0 Å². The second-order valence-corrected chi connectivity index (χ2v) is 8.68. The summed E-state index contributed by atoms with van der Waals surface area (Å²) in [6.07, 6.45) is 2.09. The van der Waals surface area contributed by atoms with Gasteiger partial charge in [0, 0.05) is 35.8 Å². The van der Waals surface area contributed by atoms with Crippen molar-refractivity contribution in [3.63, 3.8) is 0 Å². The number of nitrogens with zero attached hydrogens (tertiary/aromatic N) is 3. The van der Waals surface area contributed by atoms with Gasteiger partial charge in [-0.1, -0.05) is 35.9 Å². The van der Waals surface area contributed by atoms with Crippen molar-refractivity contribution < 1.29 is 14.4 Å². The summed E-state index contributed by atoms with van der Waals surface area (Å²) in [7, 11) is 0. The smallest absolute Gasteiger partial charge is 0.286 e. The van der Waals surface area contributed by atoms with Crippen LogP contribution in [0.5, 0.6) is 0 Å². The van der Waals surface area contributed by atoms with Gasteiger partial charge in [0.1, 0.15) is 0 Å². The number of amides is 3. The minimum Gasteiger partial charge on any atom is -0.353 e. The lowest BCUT2D eigenvalue weighted by atomic mass is 9.95. The first-order valence-corrected chi connectivity index (χ1v) is 11.1. The van der Waals surface area contributed by atoms with E-state index in [0.29, 0.717) is 36.6 Å². The Morgan fingerprint density at radius 2 is 1.93 bits per heavy atom. The molecular weight excluding hydrogens is 426 g/mol. The summed E-state index contributed by atoms with van der Waals surface area (Å²) in [5, 5.41) is 14.2. The second-order valence-electron chi connectivity index (χ2n) is 7.26. The molecule has 30 heavy (non-hydrogen) atoms. The first kappa shape index (κ1) is 22.2. The SMILES string of the molecule is CC[C@H](C)NC(=O)C1CCN(C(=O)c2nnc(C(=O)Nc3cccc(Cl)c3)s2)CC1. The van der Waals surface area contributed by atoms with E-state index in [0.717, 1.165) is 17.8 Å². The zero-order valence-corrected chi connectivity index (χ0v) is 18.4. The number of nitrogens with one attached hydrogen (secondary N) is 2. The predicted molar refractivity (Wildman–Crippen MR) is 116 cm³/mol. The van der Waals surface area contributed by atoms with Gasteiger partial charge >= 0.3 is 0 Å². The molecule has 1 aromatic carbocycles. The Morgan fingerprint density at radius 3 is 2.60 bits per heavy atom. The summed E-state index contributed by atoms with van der Waals surface area (Å²) in [5.41, 5.74) is 0.535. The summed E-state index contributed by atoms with van der Waals surface area (Å²) in [5.74, 6) is -0.756. The third-order valence-electron chi connectivity index (χ3n) is 5.04. The van der Waals surface area contributed by atoms with Gasteiger partial charge in [0.25, 0.3) is 11.8 Å². The van der Waals surface area contributed by atoms with Gasteiger partial charge in [-0.3, -0.25) is 14.4 Å². The van der Waals surface area contributed by atoms with Crippen LogP contribution in [-0.4, -0.2) is 52.0 Å². The molecule has 1 saturated heterocycles. The summed E-state index contributed by atoms with van der Waals surface area (Å²) >= 11 is 6.86. The fourth-order valence-corrected chi connectivity index (χ4v) is 3.99. The van der Waals surface area contributed by atoms with E-state index in [1.807, 2.05) is 13.8 Å². The van der Waals surface area contributed by atoms with Crippen LogP contribution < -0.4 is 10.6 Å². The highest BCUT2D eigenvalue weighted by Gasteiger charge is 2.30. The number of anilines is 1. The Labute approximate surface area is 184 Å². The van der Waals surface area contributed by atoms with Crippen LogP contribution in [0.2, 0.25) is 5.02 Å². The maximum atomic E-state index is 12.7. The second kappa shape index (κ2) is 9.99. The molecule has 2 N–H and O–H groups in total. The minimum absolute atomic E-state index is 0.0485. The average Bonchev–Trinajstić information content (AvgIpc) is 3.23. The van der Waals surface area contributed by atoms with Crippen LogP contribution in [0.1, 0.15) is 52.7 Å². The molecule has 3 rings (SSSR count). The van der Waals surface area contributed by atoms with Crippen molar-refractivity contribution in [1.82, 2.24) is 20.4 Å². The van der Waals surface area contributed by atoms with E-state index in [9.17, 15) is 14.4 Å². The van der Waals surface area contributed by atoms with Gasteiger partial charge in [0.15, 0.2) is 0 Å². The Kier molecular flexibility index (Phi) is 7.38. The van der Waals surface area contributed by atoms with Gasteiger partial charge in [-0.15, -0.1) is 10.2 Å². The summed E-state index contributed by atoms with van der Waals surface area (Å²) in [6.45, 7) is 4.95. The number of rotatable bonds is 6. The summed E-state index contributed by atoms with van der Waals surface area (Å²) in [4.78, 5) is 39.0. The first-order valence-electron chi connectivity index (χ1n) is 9.87. The molecule has 0 bridgehead atoms. The van der Waals surface area contributed by atoms with Gasteiger partial charge < -0.3 is 15.5 Å². The van der Waals surface area contributed by atoms with E-state index in [-0.39, 0.29) is 33.8 Å². The van der Waals surface area contributed by atoms with E-state index >= 15 is 0 Å². The molecule has 2 heterocycles. The van der Waals surface area contributed by atoms with Gasteiger partial charge in [0.2, 0.25) is 15.9 Å². The highest BCUT2D eigenvalue weighted by molar-refractivity contribution is 7.15. The third-order valence-corrected chi connectivity index (χ3v) is 6.18. The van der Waals surface area contributed by atoms with Crippen molar-refractivity contribution in [2.45, 2.75) is 39.2 Å². The molecule has 2 aromatic rings. The van der Waals surface area contributed by atoms with Crippen LogP contribution in [-0.2, 0) is 4.79 Å². The van der Waals surface area contributed by atoms with Gasteiger partial charge in [-0.25, -0.2) is 0 Å². The lowest BCUT2D eigenvalue weighted by Gasteiger charge is -2.31. The number of hydrogen-bond donors (Lipinski definition) is 2. The minimum atomic E-state index is -0.450. The maximum absolute atomic E-state index is 12.7. The van der Waals surface area contributed by atoms with Crippen molar-refractivity contribution in [2.24, 2.45) is 5.92 Å². The molecule has 1 atom stereocenters. The number of halogens is 1. The fourth-order valence-electron chi connectivity index (χ4n) is 3.09. The maximum Gasteiger partial charge on any atom is 0.286 e. The first-order chi connectivity index (χ1) is 14.4. The Balaban J connectivity index is 1.55. The summed E-state index contributed by atoms with van der Waals surface area (Å²) < 4.78 is 0. The lowest BCUT2D eigenvalue weighted by Crippen LogP contribution is -2.44. The van der Waals surface area contributed by atoms with Crippen LogP contribution >= 0.6 is 22.9 Å². The molecule has 0 aliphatic carbocycles. The molecule has 1 aliphatic heterocycles. The highest BCUT2D eigenvalue weighted by Crippen LogP contribution is 2.22. The van der Waals surface area contributed by atoms with Crippen LogP contribution in [0.3, 0.4) is 0 Å². The zero-order chi connectivity index (χ0) is 21.7. The number of carbonyl (C=O) groups is 3. The highest BCUT2D eigenvalue weighted by atomic mass is 35.5. The topological polar surface area (TPSA) is 104 Å². The lowest BCUT2D eigenvalue weighted by molar-refractivity contribution is -0.126. The molecule has 0 spiro atoms. The molecule has 0 radical (unpaired) electrons. The molecule has 0 unspecified atom stereocenters. The van der Waals surface area contributed by atoms with Crippen molar-refractivity contribution >= 4 is 46.3 Å². The standard InChI is InChI=1S/C20H24ClN5O3S/c1-3-12(2)22-16(27)13-7-9-26(10-8-13)20(29)19-25-24-18(30-19)17(28)23-15-6-4-5-14(21)11-15/h4-6,11-13H,3,7-10H2,1-2H3,(H,22,27)(H,23,28)/t12-/m0/s1. The molecule has 3 amide bonds. The molecule has 1 aromatic heterocycles. The Hall–Kier alpha value is -2.52. The quantitative estimate of drug-likeness (QED) is 0.704. The molecule has 1 fully saturated rings. The molecule has 8 nitrogen and oxygen atoms in total. The van der Waals surface area contributed by atoms with Gasteiger partial charge in [-0.2, -0.15) is 0 Å². The van der Waals surface area contributed by atoms with Gasteiger partial charge in [-0.05, 0) is 44.4 Å². The zero-order valence-electron chi connectivity index (χ0n) is 16.9. The molecule has 0 saturated carbocycles. The number of piperidine rings is 1. The van der Waals surface area contributed by atoms with Crippen LogP contribution in [0, 0.1) is 5.92 Å². The average molecular weight is 450 g/mol.